The van der Waals surface area contributed by atoms with Crippen LogP contribution in [0.2, 0.25) is 0 Å². The van der Waals surface area contributed by atoms with Crippen LogP contribution in [0.25, 0.3) is 145 Å². The van der Waals surface area contributed by atoms with Crippen molar-refractivity contribution in [2.75, 3.05) is 0 Å². The minimum Gasteiger partial charge on any atom is -0.456 e. The number of rotatable bonds is 5. The molecular weight excluding hydrogens is 919 g/mol. The van der Waals surface area contributed by atoms with Gasteiger partial charge in [-0.1, -0.05) is 179 Å². The first kappa shape index (κ1) is 44.1. The fraction of sp³-hybridized carbons (Fsp3) is 0.0580. The van der Waals surface area contributed by atoms with E-state index in [9.17, 15) is 0 Å². The van der Waals surface area contributed by atoms with Crippen molar-refractivity contribution in [2.24, 2.45) is 11.8 Å². The maximum atomic E-state index is 6.61. The summed E-state index contributed by atoms with van der Waals surface area (Å²) in [6.45, 7) is 13.6. The molecule has 6 heteroatoms. The number of para-hydroxylation sites is 2. The van der Waals surface area contributed by atoms with Crippen LogP contribution < -0.4 is 0 Å². The van der Waals surface area contributed by atoms with Gasteiger partial charge in [0.15, 0.2) is 17.5 Å². The molecule has 0 fully saturated rings. The Morgan fingerprint density at radius 3 is 1.41 bits per heavy atom. The lowest BCUT2D eigenvalue weighted by Gasteiger charge is -2.19. The standard InChI is InChI=1S/C69H47N3O3/c1-40-23-25-42(3)49-13-5-6-14-51(49)56-37-46(31-34-50(56)43(4)26-24-41(40)2)44-27-29-45(30-28-44)47-32-35-62-58(38-47)66-55(18-12-22-64(66)75-62)69-71-67(48-33-36-61-57(39-48)52-15-7-9-19-59(52)73-61)70-68(72-69)54-17-11-21-63-65(54)53-16-8-10-20-60(53)74-63/h5-41H,3-4H2,1-2H3/b25-23-,26-24-. The van der Waals surface area contributed by atoms with Crippen LogP contribution in [0.4, 0.5) is 0 Å². The van der Waals surface area contributed by atoms with Gasteiger partial charge in [-0.2, -0.15) is 0 Å². The van der Waals surface area contributed by atoms with Crippen molar-refractivity contribution in [2.45, 2.75) is 13.8 Å². The molecule has 0 bridgehead atoms. The highest BCUT2D eigenvalue weighted by molar-refractivity contribution is 6.14. The number of hydrogen-bond acceptors (Lipinski definition) is 6. The molecule has 2 atom stereocenters. The van der Waals surface area contributed by atoms with Gasteiger partial charge < -0.3 is 13.3 Å². The van der Waals surface area contributed by atoms with E-state index in [1.165, 1.54) is 0 Å². The Morgan fingerprint density at radius 1 is 0.320 bits per heavy atom. The molecule has 0 amide bonds. The van der Waals surface area contributed by atoms with E-state index in [1.54, 1.807) is 0 Å². The topological polar surface area (TPSA) is 78.1 Å². The highest BCUT2D eigenvalue weighted by atomic mass is 16.3. The van der Waals surface area contributed by atoms with Gasteiger partial charge in [0.05, 0.1) is 0 Å². The van der Waals surface area contributed by atoms with Gasteiger partial charge in [-0.15, -0.1) is 0 Å². The Balaban J connectivity index is 0.881. The third kappa shape index (κ3) is 7.52. The van der Waals surface area contributed by atoms with Crippen LogP contribution in [0.1, 0.15) is 25.0 Å². The van der Waals surface area contributed by atoms with Gasteiger partial charge in [0, 0.05) is 49.0 Å². The zero-order valence-corrected chi connectivity index (χ0v) is 41.3. The first-order chi connectivity index (χ1) is 36.8. The second-order valence-electron chi connectivity index (χ2n) is 19.8. The van der Waals surface area contributed by atoms with Gasteiger partial charge >= 0.3 is 0 Å². The summed E-state index contributed by atoms with van der Waals surface area (Å²) in [7, 11) is 0. The van der Waals surface area contributed by atoms with Gasteiger partial charge in [-0.3, -0.25) is 0 Å². The van der Waals surface area contributed by atoms with Gasteiger partial charge in [-0.05, 0) is 128 Å². The summed E-state index contributed by atoms with van der Waals surface area (Å²) in [5.41, 5.74) is 18.1. The second-order valence-corrected chi connectivity index (χ2v) is 19.8. The number of furan rings is 3. The van der Waals surface area contributed by atoms with Gasteiger partial charge in [0.25, 0.3) is 0 Å². The highest BCUT2D eigenvalue weighted by Gasteiger charge is 2.22. The van der Waals surface area contributed by atoms with Gasteiger partial charge in [0.2, 0.25) is 0 Å². The molecule has 0 saturated carbocycles. The second kappa shape index (κ2) is 17.5. The minimum absolute atomic E-state index is 0.349. The monoisotopic (exact) mass is 965 g/mol. The van der Waals surface area contributed by atoms with E-state index < -0.39 is 0 Å². The molecule has 2 unspecified atom stereocenters. The van der Waals surface area contributed by atoms with E-state index in [0.29, 0.717) is 29.3 Å². The average molecular weight is 966 g/mol. The maximum Gasteiger partial charge on any atom is 0.164 e. The Kier molecular flexibility index (Phi) is 10.3. The lowest BCUT2D eigenvalue weighted by Crippen LogP contribution is -2.02. The number of aromatic nitrogens is 3. The molecule has 75 heavy (non-hydrogen) atoms. The molecule has 0 N–H and O–H groups in total. The van der Waals surface area contributed by atoms with Crippen LogP contribution in [0, 0.1) is 11.8 Å². The van der Waals surface area contributed by atoms with Crippen LogP contribution in [0.15, 0.2) is 239 Å². The predicted octanol–water partition coefficient (Wildman–Crippen LogP) is 19.0. The zero-order valence-electron chi connectivity index (χ0n) is 41.3. The molecule has 0 radical (unpaired) electrons. The van der Waals surface area contributed by atoms with Crippen molar-refractivity contribution in [3.8, 4) is 67.5 Å². The average Bonchev–Trinajstić information content (AvgIpc) is 4.19. The van der Waals surface area contributed by atoms with E-state index in [4.69, 9.17) is 28.2 Å². The molecule has 4 aromatic heterocycles. The van der Waals surface area contributed by atoms with Crippen molar-refractivity contribution in [1.29, 1.82) is 0 Å². The Bertz CT molecular complexity index is 4560. The largest absolute Gasteiger partial charge is 0.456 e. The Morgan fingerprint density at radius 2 is 0.747 bits per heavy atom. The summed E-state index contributed by atoms with van der Waals surface area (Å²) in [4.78, 5) is 15.9. The van der Waals surface area contributed by atoms with Crippen molar-refractivity contribution in [3.63, 3.8) is 0 Å². The summed E-state index contributed by atoms with van der Waals surface area (Å²) in [6.07, 6.45) is 8.89. The molecule has 6 nitrogen and oxygen atoms in total. The summed E-state index contributed by atoms with van der Waals surface area (Å²) in [5.74, 6) is 2.31. The number of hydrogen-bond donors (Lipinski definition) is 0. The molecule has 9 aromatic carbocycles. The van der Waals surface area contributed by atoms with E-state index >= 15 is 0 Å². The summed E-state index contributed by atoms with van der Waals surface area (Å²) >= 11 is 0. The number of fused-ring (bicyclic) bond motifs is 12. The fourth-order valence-electron chi connectivity index (χ4n) is 10.9. The van der Waals surface area contributed by atoms with E-state index in [0.717, 1.165) is 138 Å². The molecule has 4 heterocycles. The van der Waals surface area contributed by atoms with Crippen molar-refractivity contribution in [1.82, 2.24) is 15.0 Å². The number of nitrogens with zero attached hydrogens (tertiary/aromatic N) is 3. The predicted molar refractivity (Wildman–Crippen MR) is 309 cm³/mol. The molecule has 0 spiro atoms. The third-order valence-electron chi connectivity index (χ3n) is 15.2. The fourth-order valence-corrected chi connectivity index (χ4v) is 10.9. The Labute approximate surface area is 433 Å². The van der Waals surface area contributed by atoms with Crippen LogP contribution in [0.3, 0.4) is 0 Å². The smallest absolute Gasteiger partial charge is 0.164 e. The SMILES string of the molecule is C=C1/C=C\C(C)C(C)/C=C\C(=C)c2ccc(-c3ccc(-c4ccc5oc6cccc(-c7nc(-c8ccc9oc%10ccccc%10c9c8)nc(-c8cccc9oc%10ccccc%10c89)n7)c6c5c4)cc3)cc2-c2ccccc21. The Hall–Kier alpha value is -9.65. The van der Waals surface area contributed by atoms with Crippen LogP contribution in [-0.2, 0) is 0 Å². The third-order valence-corrected chi connectivity index (χ3v) is 15.2. The summed E-state index contributed by atoms with van der Waals surface area (Å²) in [6, 6.07) is 65.0. The molecular formula is C69H47N3O3. The van der Waals surface area contributed by atoms with Crippen molar-refractivity contribution in [3.05, 3.63) is 237 Å². The van der Waals surface area contributed by atoms with Crippen LogP contribution in [-0.4, -0.2) is 15.0 Å². The van der Waals surface area contributed by atoms with Crippen molar-refractivity contribution < 1.29 is 13.3 Å². The quantitative estimate of drug-likeness (QED) is 0.171. The molecule has 0 saturated heterocycles. The highest BCUT2D eigenvalue weighted by Crippen LogP contribution is 2.43. The van der Waals surface area contributed by atoms with E-state index in [1.807, 2.05) is 72.8 Å². The molecule has 356 valence electrons. The summed E-state index contributed by atoms with van der Waals surface area (Å²) in [5, 5.41) is 5.86. The molecule has 1 aliphatic carbocycles. The number of benzene rings is 9. The van der Waals surface area contributed by atoms with E-state index in [2.05, 4.69) is 167 Å². The lowest BCUT2D eigenvalue weighted by atomic mass is 9.85. The van der Waals surface area contributed by atoms with Gasteiger partial charge in [0.1, 0.15) is 33.5 Å². The normalized spacial score (nSPS) is 15.9. The molecule has 1 aliphatic rings. The molecule has 14 rings (SSSR count). The summed E-state index contributed by atoms with van der Waals surface area (Å²) < 4.78 is 19.2. The first-order valence-electron chi connectivity index (χ1n) is 25.4. The number of allylic oxidation sites excluding steroid dienone is 6. The van der Waals surface area contributed by atoms with E-state index in [-0.39, 0.29) is 0 Å². The maximum absolute atomic E-state index is 6.61. The van der Waals surface area contributed by atoms with Crippen LogP contribution in [0.5, 0.6) is 0 Å². The van der Waals surface area contributed by atoms with Gasteiger partial charge in [-0.25, -0.2) is 15.0 Å². The zero-order chi connectivity index (χ0) is 50.3. The van der Waals surface area contributed by atoms with Crippen LogP contribution >= 0.6 is 0 Å². The minimum atomic E-state index is 0.349. The lowest BCUT2D eigenvalue weighted by molar-refractivity contribution is 0.558. The molecule has 0 aliphatic heterocycles. The molecule has 13 aromatic rings. The first-order valence-corrected chi connectivity index (χ1v) is 25.4. The van der Waals surface area contributed by atoms with Crippen molar-refractivity contribution >= 4 is 77.0 Å².